The Balaban J connectivity index is 1.34. The first-order chi connectivity index (χ1) is 13.2. The molecule has 0 radical (unpaired) electrons. The van der Waals surface area contributed by atoms with Gasteiger partial charge in [-0.05, 0) is 75.1 Å². The summed E-state index contributed by atoms with van der Waals surface area (Å²) in [7, 11) is 0. The molecule has 2 aliphatic rings. The summed E-state index contributed by atoms with van der Waals surface area (Å²) in [6, 6.07) is 6.45. The van der Waals surface area contributed by atoms with Crippen LogP contribution in [-0.4, -0.2) is 46.5 Å². The Morgan fingerprint density at radius 3 is 2.78 bits per heavy atom. The molecular weight excluding hydrogens is 343 g/mol. The Morgan fingerprint density at radius 2 is 2.00 bits per heavy atom. The number of rotatable bonds is 6. The van der Waals surface area contributed by atoms with Crippen molar-refractivity contribution in [3.63, 3.8) is 0 Å². The third-order valence-electron chi connectivity index (χ3n) is 5.72. The summed E-state index contributed by atoms with van der Waals surface area (Å²) in [5.41, 5.74) is 1.89. The molecule has 2 aliphatic heterocycles. The molecular formula is C21H27FN4O. The largest absolute Gasteiger partial charge is 0.356 e. The minimum atomic E-state index is -0.247. The normalized spacial score (nSPS) is 19.8. The summed E-state index contributed by atoms with van der Waals surface area (Å²) >= 11 is 0. The zero-order chi connectivity index (χ0) is 18.6. The second-order valence-corrected chi connectivity index (χ2v) is 7.61. The number of benzene rings is 1. The van der Waals surface area contributed by atoms with E-state index in [1.54, 1.807) is 12.1 Å². The summed E-state index contributed by atoms with van der Waals surface area (Å²) in [5.74, 6) is 0.870. The Morgan fingerprint density at radius 1 is 1.22 bits per heavy atom. The van der Waals surface area contributed by atoms with Crippen LogP contribution in [0.15, 0.2) is 30.5 Å². The molecule has 1 unspecified atom stereocenters. The molecule has 1 amide bonds. The van der Waals surface area contributed by atoms with Crippen molar-refractivity contribution in [3.8, 4) is 11.3 Å². The zero-order valence-corrected chi connectivity index (χ0v) is 15.7. The maximum absolute atomic E-state index is 13.2. The Kier molecular flexibility index (Phi) is 5.53. The highest BCUT2D eigenvalue weighted by atomic mass is 19.1. The van der Waals surface area contributed by atoms with Crippen molar-refractivity contribution in [2.75, 3.05) is 26.2 Å². The monoisotopic (exact) mass is 370 g/mol. The van der Waals surface area contributed by atoms with Gasteiger partial charge in [0, 0.05) is 19.5 Å². The van der Waals surface area contributed by atoms with E-state index < -0.39 is 0 Å². The SMILES string of the molecule is O=C(NCCCN1CCCC1)C1CCc2ncc(-c3ccc(F)cc3)n2C1. The summed E-state index contributed by atoms with van der Waals surface area (Å²) in [6.45, 7) is 4.86. The van der Waals surface area contributed by atoms with Gasteiger partial charge in [0.1, 0.15) is 11.6 Å². The molecule has 1 N–H and O–H groups in total. The predicted molar refractivity (Wildman–Crippen MR) is 103 cm³/mol. The van der Waals surface area contributed by atoms with Gasteiger partial charge < -0.3 is 14.8 Å². The fourth-order valence-corrected chi connectivity index (χ4v) is 4.16. The van der Waals surface area contributed by atoms with Crippen molar-refractivity contribution in [1.29, 1.82) is 0 Å². The molecule has 1 atom stereocenters. The van der Waals surface area contributed by atoms with E-state index in [0.29, 0.717) is 6.54 Å². The molecule has 1 saturated heterocycles. The molecule has 4 rings (SSSR count). The topological polar surface area (TPSA) is 50.2 Å². The highest BCUT2D eigenvalue weighted by Crippen LogP contribution is 2.27. The molecule has 1 fully saturated rings. The van der Waals surface area contributed by atoms with Gasteiger partial charge in [-0.3, -0.25) is 4.79 Å². The van der Waals surface area contributed by atoms with Crippen molar-refractivity contribution >= 4 is 5.91 Å². The van der Waals surface area contributed by atoms with Gasteiger partial charge in [0.15, 0.2) is 0 Å². The third-order valence-corrected chi connectivity index (χ3v) is 5.72. The van der Waals surface area contributed by atoms with Crippen LogP contribution in [0.4, 0.5) is 4.39 Å². The summed E-state index contributed by atoms with van der Waals surface area (Å²) in [5, 5.41) is 3.12. The lowest BCUT2D eigenvalue weighted by molar-refractivity contribution is -0.125. The molecule has 3 heterocycles. The number of halogens is 1. The number of amides is 1. The lowest BCUT2D eigenvalue weighted by Crippen LogP contribution is -2.37. The van der Waals surface area contributed by atoms with E-state index in [9.17, 15) is 9.18 Å². The highest BCUT2D eigenvalue weighted by molar-refractivity contribution is 5.78. The molecule has 144 valence electrons. The molecule has 0 aliphatic carbocycles. The van der Waals surface area contributed by atoms with Gasteiger partial charge in [-0.25, -0.2) is 9.37 Å². The van der Waals surface area contributed by atoms with Crippen LogP contribution in [0.3, 0.4) is 0 Å². The van der Waals surface area contributed by atoms with Crippen molar-refractivity contribution < 1.29 is 9.18 Å². The van der Waals surface area contributed by atoms with Crippen LogP contribution >= 0.6 is 0 Å². The van der Waals surface area contributed by atoms with Crippen LogP contribution in [-0.2, 0) is 17.8 Å². The minimum Gasteiger partial charge on any atom is -0.356 e. The number of likely N-dealkylation sites (tertiary alicyclic amines) is 1. The van der Waals surface area contributed by atoms with Gasteiger partial charge in [-0.1, -0.05) is 0 Å². The van der Waals surface area contributed by atoms with Gasteiger partial charge >= 0.3 is 0 Å². The van der Waals surface area contributed by atoms with E-state index in [2.05, 4.69) is 19.8 Å². The van der Waals surface area contributed by atoms with Crippen molar-refractivity contribution in [2.24, 2.45) is 5.92 Å². The van der Waals surface area contributed by atoms with Crippen molar-refractivity contribution in [1.82, 2.24) is 19.8 Å². The second kappa shape index (κ2) is 8.21. The van der Waals surface area contributed by atoms with E-state index in [0.717, 1.165) is 49.4 Å². The number of carbonyl (C=O) groups excluding carboxylic acids is 1. The highest BCUT2D eigenvalue weighted by Gasteiger charge is 2.27. The summed E-state index contributed by atoms with van der Waals surface area (Å²) in [4.78, 5) is 19.6. The van der Waals surface area contributed by atoms with Crippen LogP contribution in [0.1, 0.15) is 31.5 Å². The Bertz CT molecular complexity index is 780. The lowest BCUT2D eigenvalue weighted by Gasteiger charge is -2.25. The van der Waals surface area contributed by atoms with E-state index >= 15 is 0 Å². The average molecular weight is 370 g/mol. The smallest absolute Gasteiger partial charge is 0.224 e. The second-order valence-electron chi connectivity index (χ2n) is 7.61. The molecule has 6 heteroatoms. The summed E-state index contributed by atoms with van der Waals surface area (Å²) in [6.07, 6.45) is 7.08. The first kappa shape index (κ1) is 18.2. The maximum atomic E-state index is 13.2. The Hall–Kier alpha value is -2.21. The van der Waals surface area contributed by atoms with Crippen LogP contribution in [0, 0.1) is 11.7 Å². The molecule has 27 heavy (non-hydrogen) atoms. The van der Waals surface area contributed by atoms with Crippen LogP contribution in [0.5, 0.6) is 0 Å². The standard InChI is InChI=1S/C21H27FN4O/c22-18-7-4-16(5-8-18)19-14-24-20-9-6-17(15-26(19)20)21(27)23-10-3-13-25-11-1-2-12-25/h4-5,7-8,14,17H,1-3,6,9-13,15H2,(H,23,27). The summed E-state index contributed by atoms with van der Waals surface area (Å²) < 4.78 is 15.3. The maximum Gasteiger partial charge on any atom is 0.224 e. The fourth-order valence-electron chi connectivity index (χ4n) is 4.16. The number of aromatic nitrogens is 2. The van der Waals surface area contributed by atoms with E-state index in [-0.39, 0.29) is 17.6 Å². The first-order valence-electron chi connectivity index (χ1n) is 10.0. The van der Waals surface area contributed by atoms with E-state index in [1.165, 1.54) is 38.1 Å². The van der Waals surface area contributed by atoms with E-state index in [4.69, 9.17) is 0 Å². The number of fused-ring (bicyclic) bond motifs is 1. The molecule has 0 bridgehead atoms. The first-order valence-corrected chi connectivity index (χ1v) is 10.0. The fraction of sp³-hybridized carbons (Fsp3) is 0.524. The molecule has 5 nitrogen and oxygen atoms in total. The number of carbonyl (C=O) groups is 1. The number of hydrogen-bond acceptors (Lipinski definition) is 3. The molecule has 0 spiro atoms. The van der Waals surface area contributed by atoms with Crippen LogP contribution < -0.4 is 5.32 Å². The number of nitrogens with zero attached hydrogens (tertiary/aromatic N) is 3. The average Bonchev–Trinajstić information content (AvgIpc) is 3.35. The van der Waals surface area contributed by atoms with Gasteiger partial charge in [0.25, 0.3) is 0 Å². The van der Waals surface area contributed by atoms with Crippen LogP contribution in [0.25, 0.3) is 11.3 Å². The van der Waals surface area contributed by atoms with Gasteiger partial charge in [-0.15, -0.1) is 0 Å². The Labute approximate surface area is 159 Å². The third kappa shape index (κ3) is 4.21. The number of hydrogen-bond donors (Lipinski definition) is 1. The van der Waals surface area contributed by atoms with Crippen molar-refractivity contribution in [3.05, 3.63) is 42.1 Å². The van der Waals surface area contributed by atoms with E-state index in [1.807, 2.05) is 6.20 Å². The molecule has 2 aromatic rings. The number of imidazole rings is 1. The lowest BCUT2D eigenvalue weighted by atomic mass is 9.98. The molecule has 0 saturated carbocycles. The molecule has 1 aromatic heterocycles. The quantitative estimate of drug-likeness (QED) is 0.796. The van der Waals surface area contributed by atoms with Crippen molar-refractivity contribution in [2.45, 2.75) is 38.6 Å². The predicted octanol–water partition coefficient (Wildman–Crippen LogP) is 2.85. The van der Waals surface area contributed by atoms with Gasteiger partial charge in [0.2, 0.25) is 5.91 Å². The molecule has 1 aromatic carbocycles. The minimum absolute atomic E-state index is 0.0299. The van der Waals surface area contributed by atoms with Gasteiger partial charge in [0.05, 0.1) is 17.8 Å². The zero-order valence-electron chi connectivity index (χ0n) is 15.7. The van der Waals surface area contributed by atoms with Crippen LogP contribution in [0.2, 0.25) is 0 Å². The van der Waals surface area contributed by atoms with Gasteiger partial charge in [-0.2, -0.15) is 0 Å². The number of aryl methyl sites for hydroxylation is 1. The number of nitrogens with one attached hydrogen (secondary N) is 1.